The number of benzene rings is 2. The molecule has 5 nitrogen and oxygen atoms in total. The van der Waals surface area contributed by atoms with E-state index in [2.05, 4.69) is 21.3 Å². The minimum atomic E-state index is -0.104. The normalized spacial score (nSPS) is 15.9. The number of carbonyl (C=O) groups is 1. The first-order valence-corrected chi connectivity index (χ1v) is 9.99. The molecule has 3 aromatic rings. The Balaban J connectivity index is 1.46. The molecule has 28 heavy (non-hydrogen) atoms. The van der Waals surface area contributed by atoms with E-state index in [0.717, 1.165) is 66.1 Å². The van der Waals surface area contributed by atoms with Crippen LogP contribution in [-0.2, 0) is 6.42 Å². The van der Waals surface area contributed by atoms with Gasteiger partial charge in [0.1, 0.15) is 5.75 Å². The topological polar surface area (TPSA) is 54.5 Å². The van der Waals surface area contributed by atoms with Gasteiger partial charge < -0.3 is 15.0 Å². The molecular formula is C23H23N3O2. The lowest BCUT2D eigenvalue weighted by molar-refractivity contribution is 0.102. The van der Waals surface area contributed by atoms with Gasteiger partial charge in [-0.2, -0.15) is 0 Å². The van der Waals surface area contributed by atoms with Crippen molar-refractivity contribution in [3.8, 4) is 5.75 Å². The number of nitrogens with zero attached hydrogens (tertiary/aromatic N) is 2. The lowest BCUT2D eigenvalue weighted by atomic mass is 10.0. The molecule has 0 bridgehead atoms. The molecule has 2 aliphatic heterocycles. The number of hydrogen-bond acceptors (Lipinski definition) is 4. The summed E-state index contributed by atoms with van der Waals surface area (Å²) in [6, 6.07) is 13.7. The number of carbonyl (C=O) groups excluding carboxylic acids is 1. The molecule has 0 radical (unpaired) electrons. The number of ether oxygens (including phenoxy) is 1. The zero-order valence-corrected chi connectivity index (χ0v) is 15.8. The molecule has 142 valence electrons. The Labute approximate surface area is 164 Å². The zero-order valence-electron chi connectivity index (χ0n) is 15.8. The number of rotatable bonds is 3. The molecule has 1 saturated heterocycles. The standard InChI is InChI=1S/C23H23N3O2/c27-23(17-7-10-21-16(15-17)5-4-14-28-21)25-19-8-9-20(26-12-1-2-13-26)22-18(19)6-3-11-24-22/h3,6-11,15H,1-2,4-5,12-14H2,(H,25,27). The Kier molecular flexibility index (Phi) is 4.35. The third kappa shape index (κ3) is 3.07. The number of amides is 1. The third-order valence-corrected chi connectivity index (χ3v) is 5.61. The molecular weight excluding hydrogens is 350 g/mol. The minimum Gasteiger partial charge on any atom is -0.493 e. The second kappa shape index (κ2) is 7.15. The predicted octanol–water partition coefficient (Wildman–Crippen LogP) is 4.41. The molecule has 0 atom stereocenters. The number of fused-ring (bicyclic) bond motifs is 2. The van der Waals surface area contributed by atoms with Crippen molar-refractivity contribution in [3.05, 3.63) is 59.8 Å². The Bertz CT molecular complexity index is 1040. The van der Waals surface area contributed by atoms with E-state index in [1.165, 1.54) is 12.8 Å². The van der Waals surface area contributed by atoms with Crippen molar-refractivity contribution in [2.24, 2.45) is 0 Å². The summed E-state index contributed by atoms with van der Waals surface area (Å²) in [7, 11) is 0. The molecule has 1 aromatic heterocycles. The number of aromatic nitrogens is 1. The quantitative estimate of drug-likeness (QED) is 0.739. The monoisotopic (exact) mass is 373 g/mol. The fraction of sp³-hybridized carbons (Fsp3) is 0.304. The first kappa shape index (κ1) is 17.0. The minimum absolute atomic E-state index is 0.104. The highest BCUT2D eigenvalue weighted by atomic mass is 16.5. The van der Waals surface area contributed by atoms with Crippen LogP contribution in [0.4, 0.5) is 11.4 Å². The van der Waals surface area contributed by atoms with Gasteiger partial charge in [0.25, 0.3) is 5.91 Å². The van der Waals surface area contributed by atoms with E-state index in [1.54, 1.807) is 0 Å². The number of aryl methyl sites for hydroxylation is 1. The second-order valence-corrected chi connectivity index (χ2v) is 7.45. The zero-order chi connectivity index (χ0) is 18.9. The van der Waals surface area contributed by atoms with Crippen molar-refractivity contribution in [1.82, 2.24) is 4.98 Å². The maximum atomic E-state index is 12.9. The molecule has 1 amide bonds. The largest absolute Gasteiger partial charge is 0.493 e. The van der Waals surface area contributed by atoms with Gasteiger partial charge in [-0.15, -0.1) is 0 Å². The van der Waals surface area contributed by atoms with Crippen molar-refractivity contribution in [3.63, 3.8) is 0 Å². The molecule has 0 spiro atoms. The summed E-state index contributed by atoms with van der Waals surface area (Å²) < 4.78 is 5.65. The van der Waals surface area contributed by atoms with Crippen LogP contribution in [0.2, 0.25) is 0 Å². The summed E-state index contributed by atoms with van der Waals surface area (Å²) in [5.41, 5.74) is 4.66. The van der Waals surface area contributed by atoms with Gasteiger partial charge in [0.15, 0.2) is 0 Å². The molecule has 2 aliphatic rings. The predicted molar refractivity (Wildman–Crippen MR) is 111 cm³/mol. The van der Waals surface area contributed by atoms with Crippen molar-refractivity contribution < 1.29 is 9.53 Å². The van der Waals surface area contributed by atoms with Crippen LogP contribution in [0.3, 0.4) is 0 Å². The fourth-order valence-corrected chi connectivity index (χ4v) is 4.18. The third-order valence-electron chi connectivity index (χ3n) is 5.61. The number of anilines is 2. The van der Waals surface area contributed by atoms with Gasteiger partial charge in [-0.1, -0.05) is 0 Å². The van der Waals surface area contributed by atoms with Crippen molar-refractivity contribution >= 4 is 28.2 Å². The fourth-order valence-electron chi connectivity index (χ4n) is 4.18. The summed E-state index contributed by atoms with van der Waals surface area (Å²) in [5.74, 6) is 0.792. The maximum Gasteiger partial charge on any atom is 0.255 e. The van der Waals surface area contributed by atoms with Gasteiger partial charge in [-0.3, -0.25) is 9.78 Å². The first-order chi connectivity index (χ1) is 13.8. The summed E-state index contributed by atoms with van der Waals surface area (Å²) in [4.78, 5) is 19.9. The van der Waals surface area contributed by atoms with E-state index in [9.17, 15) is 4.79 Å². The average Bonchev–Trinajstić information content (AvgIpc) is 3.28. The Hall–Kier alpha value is -3.08. The highest BCUT2D eigenvalue weighted by Crippen LogP contribution is 2.33. The summed E-state index contributed by atoms with van der Waals surface area (Å²) in [6.07, 6.45) is 6.20. The van der Waals surface area contributed by atoms with Gasteiger partial charge in [-0.25, -0.2) is 0 Å². The molecule has 5 rings (SSSR count). The smallest absolute Gasteiger partial charge is 0.255 e. The van der Waals surface area contributed by atoms with E-state index in [1.807, 2.05) is 42.6 Å². The van der Waals surface area contributed by atoms with Crippen LogP contribution in [0.1, 0.15) is 35.2 Å². The average molecular weight is 373 g/mol. The van der Waals surface area contributed by atoms with Gasteiger partial charge >= 0.3 is 0 Å². The van der Waals surface area contributed by atoms with Crippen molar-refractivity contribution in [2.45, 2.75) is 25.7 Å². The van der Waals surface area contributed by atoms with E-state index >= 15 is 0 Å². The molecule has 1 N–H and O–H groups in total. The van der Waals surface area contributed by atoms with Crippen LogP contribution in [0, 0.1) is 0 Å². The number of hydrogen-bond donors (Lipinski definition) is 1. The first-order valence-electron chi connectivity index (χ1n) is 9.99. The van der Waals surface area contributed by atoms with Gasteiger partial charge in [-0.05, 0) is 73.7 Å². The van der Waals surface area contributed by atoms with Crippen LogP contribution >= 0.6 is 0 Å². The molecule has 1 fully saturated rings. The molecule has 0 saturated carbocycles. The van der Waals surface area contributed by atoms with Gasteiger partial charge in [0.05, 0.1) is 23.5 Å². The molecule has 5 heteroatoms. The summed E-state index contributed by atoms with van der Waals surface area (Å²) in [6.45, 7) is 2.88. The van der Waals surface area contributed by atoms with Gasteiger partial charge in [0.2, 0.25) is 0 Å². The van der Waals surface area contributed by atoms with E-state index in [0.29, 0.717) is 5.56 Å². The Morgan fingerprint density at radius 3 is 2.86 bits per heavy atom. The van der Waals surface area contributed by atoms with Crippen LogP contribution in [0.5, 0.6) is 5.75 Å². The van der Waals surface area contributed by atoms with Crippen LogP contribution in [0.15, 0.2) is 48.7 Å². The van der Waals surface area contributed by atoms with Crippen LogP contribution in [0.25, 0.3) is 10.9 Å². The molecule has 2 aromatic carbocycles. The molecule has 3 heterocycles. The number of nitrogens with one attached hydrogen (secondary N) is 1. The van der Waals surface area contributed by atoms with Gasteiger partial charge in [0, 0.05) is 30.2 Å². The van der Waals surface area contributed by atoms with Crippen LogP contribution in [-0.4, -0.2) is 30.6 Å². The molecule has 0 unspecified atom stereocenters. The lowest BCUT2D eigenvalue weighted by Crippen LogP contribution is -2.19. The summed E-state index contributed by atoms with van der Waals surface area (Å²) >= 11 is 0. The van der Waals surface area contributed by atoms with E-state index in [-0.39, 0.29) is 5.91 Å². The van der Waals surface area contributed by atoms with E-state index in [4.69, 9.17) is 4.74 Å². The SMILES string of the molecule is O=C(Nc1ccc(N2CCCC2)c2ncccc12)c1ccc2c(c1)CCCO2. The lowest BCUT2D eigenvalue weighted by Gasteiger charge is -2.21. The highest BCUT2D eigenvalue weighted by molar-refractivity contribution is 6.10. The van der Waals surface area contributed by atoms with E-state index < -0.39 is 0 Å². The molecule has 0 aliphatic carbocycles. The van der Waals surface area contributed by atoms with Crippen molar-refractivity contribution in [1.29, 1.82) is 0 Å². The highest BCUT2D eigenvalue weighted by Gasteiger charge is 2.18. The van der Waals surface area contributed by atoms with Crippen molar-refractivity contribution in [2.75, 3.05) is 29.9 Å². The second-order valence-electron chi connectivity index (χ2n) is 7.45. The van der Waals surface area contributed by atoms with Crippen LogP contribution < -0.4 is 15.0 Å². The maximum absolute atomic E-state index is 12.9. The Morgan fingerprint density at radius 1 is 1.07 bits per heavy atom. The Morgan fingerprint density at radius 2 is 1.96 bits per heavy atom. The number of pyridine rings is 1. The summed E-state index contributed by atoms with van der Waals surface area (Å²) in [5, 5.41) is 4.06.